The van der Waals surface area contributed by atoms with Gasteiger partial charge in [0.25, 0.3) is 0 Å². The van der Waals surface area contributed by atoms with Crippen molar-refractivity contribution in [1.29, 1.82) is 5.26 Å². The number of anilines is 1. The van der Waals surface area contributed by atoms with E-state index in [0.717, 1.165) is 17.5 Å². The highest BCUT2D eigenvalue weighted by atomic mass is 16.5. The second-order valence-corrected chi connectivity index (χ2v) is 5.41. The van der Waals surface area contributed by atoms with Gasteiger partial charge < -0.3 is 10.5 Å². The lowest BCUT2D eigenvalue weighted by Crippen LogP contribution is -2.03. The molecule has 0 aliphatic rings. The molecule has 0 aliphatic heterocycles. The Bertz CT molecular complexity index is 645. The first-order chi connectivity index (χ1) is 10.1. The molecular weight excluding hydrogens is 262 g/mol. The summed E-state index contributed by atoms with van der Waals surface area (Å²) < 4.78 is 5.78. The Morgan fingerprint density at radius 1 is 1.24 bits per heavy atom. The lowest BCUT2D eigenvalue weighted by Gasteiger charge is -2.13. The fraction of sp³-hybridized carbons (Fsp3) is 0.294. The molecule has 0 atom stereocenters. The van der Waals surface area contributed by atoms with Gasteiger partial charge in [-0.15, -0.1) is 0 Å². The van der Waals surface area contributed by atoms with Crippen LogP contribution in [0.4, 0.5) is 5.69 Å². The molecule has 1 aromatic heterocycles. The van der Waals surface area contributed by atoms with Crippen LogP contribution in [0.3, 0.4) is 0 Å². The van der Waals surface area contributed by atoms with Crippen LogP contribution in [0, 0.1) is 17.2 Å². The van der Waals surface area contributed by atoms with Crippen LogP contribution in [0.1, 0.15) is 30.5 Å². The summed E-state index contributed by atoms with van der Waals surface area (Å²) in [6.07, 6.45) is 4.33. The van der Waals surface area contributed by atoms with E-state index in [0.29, 0.717) is 29.5 Å². The van der Waals surface area contributed by atoms with Crippen LogP contribution >= 0.6 is 0 Å². The van der Waals surface area contributed by atoms with Gasteiger partial charge in [-0.1, -0.05) is 13.8 Å². The van der Waals surface area contributed by atoms with Gasteiger partial charge in [0.1, 0.15) is 18.4 Å². The number of hydrogen-bond donors (Lipinski definition) is 1. The maximum absolute atomic E-state index is 9.19. The highest BCUT2D eigenvalue weighted by Crippen LogP contribution is 2.29. The SMILES string of the molecule is CC(C)Cc1cc(C#N)c(N)c(OCc2ccncc2)c1. The van der Waals surface area contributed by atoms with E-state index in [1.807, 2.05) is 24.3 Å². The van der Waals surface area contributed by atoms with Crippen LogP contribution in [0.5, 0.6) is 5.75 Å². The average molecular weight is 281 g/mol. The molecule has 21 heavy (non-hydrogen) atoms. The fourth-order valence-corrected chi connectivity index (χ4v) is 2.12. The first-order valence-corrected chi connectivity index (χ1v) is 6.94. The Morgan fingerprint density at radius 3 is 2.57 bits per heavy atom. The first-order valence-electron chi connectivity index (χ1n) is 6.94. The van der Waals surface area contributed by atoms with Crippen molar-refractivity contribution >= 4 is 5.69 Å². The highest BCUT2D eigenvalue weighted by Gasteiger charge is 2.10. The Kier molecular flexibility index (Phi) is 4.78. The van der Waals surface area contributed by atoms with Crippen molar-refractivity contribution in [1.82, 2.24) is 4.98 Å². The number of nitriles is 1. The fourth-order valence-electron chi connectivity index (χ4n) is 2.12. The van der Waals surface area contributed by atoms with Crippen molar-refractivity contribution in [3.63, 3.8) is 0 Å². The molecule has 0 aliphatic carbocycles. The summed E-state index contributed by atoms with van der Waals surface area (Å²) in [7, 11) is 0. The zero-order valence-corrected chi connectivity index (χ0v) is 12.3. The third kappa shape index (κ3) is 3.96. The van der Waals surface area contributed by atoms with Gasteiger partial charge in [-0.3, -0.25) is 4.98 Å². The minimum absolute atomic E-state index is 0.402. The standard InChI is InChI=1S/C17H19N3O/c1-12(2)7-14-8-15(10-18)17(19)16(9-14)21-11-13-3-5-20-6-4-13/h3-6,8-9,12H,7,11,19H2,1-2H3. The molecule has 0 fully saturated rings. The van der Waals surface area contributed by atoms with Gasteiger partial charge in [-0.05, 0) is 47.7 Å². The molecule has 4 nitrogen and oxygen atoms in total. The molecule has 1 aromatic carbocycles. The normalized spacial score (nSPS) is 10.4. The predicted octanol–water partition coefficient (Wildman–Crippen LogP) is 3.31. The quantitative estimate of drug-likeness (QED) is 0.853. The zero-order valence-electron chi connectivity index (χ0n) is 12.3. The van der Waals surface area contributed by atoms with E-state index in [9.17, 15) is 5.26 Å². The van der Waals surface area contributed by atoms with E-state index in [-0.39, 0.29) is 0 Å². The summed E-state index contributed by atoms with van der Waals surface area (Å²) in [6.45, 7) is 4.68. The zero-order chi connectivity index (χ0) is 15.2. The number of nitrogens with two attached hydrogens (primary N) is 1. The second kappa shape index (κ2) is 6.76. The van der Waals surface area contributed by atoms with Crippen molar-refractivity contribution in [2.75, 3.05) is 5.73 Å². The minimum Gasteiger partial charge on any atom is -0.487 e. The Balaban J connectivity index is 2.23. The van der Waals surface area contributed by atoms with Crippen LogP contribution in [0.2, 0.25) is 0 Å². The third-order valence-corrected chi connectivity index (χ3v) is 3.11. The van der Waals surface area contributed by atoms with Gasteiger partial charge in [-0.2, -0.15) is 5.26 Å². The van der Waals surface area contributed by atoms with Gasteiger partial charge >= 0.3 is 0 Å². The van der Waals surface area contributed by atoms with E-state index < -0.39 is 0 Å². The van der Waals surface area contributed by atoms with Gasteiger partial charge in [0, 0.05) is 12.4 Å². The van der Waals surface area contributed by atoms with E-state index in [2.05, 4.69) is 24.9 Å². The number of rotatable bonds is 5. The van der Waals surface area contributed by atoms with Crippen molar-refractivity contribution in [3.05, 3.63) is 53.3 Å². The van der Waals surface area contributed by atoms with Crippen molar-refractivity contribution in [2.24, 2.45) is 5.92 Å². The molecular formula is C17H19N3O. The molecule has 0 unspecified atom stereocenters. The molecule has 0 spiro atoms. The molecule has 4 heteroatoms. The molecule has 108 valence electrons. The van der Waals surface area contributed by atoms with Gasteiger partial charge in [0.2, 0.25) is 0 Å². The first kappa shape index (κ1) is 14.9. The smallest absolute Gasteiger partial charge is 0.144 e. The van der Waals surface area contributed by atoms with Crippen molar-refractivity contribution in [2.45, 2.75) is 26.9 Å². The number of ether oxygens (including phenoxy) is 1. The molecule has 1 heterocycles. The third-order valence-electron chi connectivity index (χ3n) is 3.11. The van der Waals surface area contributed by atoms with Crippen LogP contribution < -0.4 is 10.5 Å². The summed E-state index contributed by atoms with van der Waals surface area (Å²) in [6, 6.07) is 9.68. The van der Waals surface area contributed by atoms with E-state index in [1.54, 1.807) is 12.4 Å². The lowest BCUT2D eigenvalue weighted by atomic mass is 10.00. The second-order valence-electron chi connectivity index (χ2n) is 5.41. The van der Waals surface area contributed by atoms with Gasteiger partial charge in [-0.25, -0.2) is 0 Å². The molecule has 0 saturated heterocycles. The van der Waals surface area contributed by atoms with Gasteiger partial charge in [0.05, 0.1) is 11.3 Å². The summed E-state index contributed by atoms with van der Waals surface area (Å²) in [5, 5.41) is 9.19. The Hall–Kier alpha value is -2.54. The van der Waals surface area contributed by atoms with E-state index in [4.69, 9.17) is 10.5 Å². The van der Waals surface area contributed by atoms with Crippen molar-refractivity contribution < 1.29 is 4.74 Å². The van der Waals surface area contributed by atoms with Crippen LogP contribution in [0.15, 0.2) is 36.7 Å². The van der Waals surface area contributed by atoms with Gasteiger partial charge in [0.15, 0.2) is 0 Å². The monoisotopic (exact) mass is 281 g/mol. The molecule has 0 bridgehead atoms. The van der Waals surface area contributed by atoms with E-state index >= 15 is 0 Å². The molecule has 0 saturated carbocycles. The maximum Gasteiger partial charge on any atom is 0.144 e. The van der Waals surface area contributed by atoms with Crippen LogP contribution in [-0.4, -0.2) is 4.98 Å². The molecule has 0 amide bonds. The Labute approximate surface area is 125 Å². The van der Waals surface area contributed by atoms with E-state index in [1.165, 1.54) is 0 Å². The molecule has 2 aromatic rings. The minimum atomic E-state index is 0.402. The number of nitrogens with zero attached hydrogens (tertiary/aromatic N) is 2. The Morgan fingerprint density at radius 2 is 1.95 bits per heavy atom. The average Bonchev–Trinajstić information content (AvgIpc) is 2.48. The summed E-state index contributed by atoms with van der Waals surface area (Å²) in [4.78, 5) is 3.97. The summed E-state index contributed by atoms with van der Waals surface area (Å²) in [5.41, 5.74) is 8.95. The summed E-state index contributed by atoms with van der Waals surface area (Å²) >= 11 is 0. The number of aromatic nitrogens is 1. The highest BCUT2D eigenvalue weighted by molar-refractivity contribution is 5.64. The summed E-state index contributed by atoms with van der Waals surface area (Å²) in [5.74, 6) is 1.08. The number of pyridine rings is 1. The van der Waals surface area contributed by atoms with Crippen LogP contribution in [-0.2, 0) is 13.0 Å². The number of hydrogen-bond acceptors (Lipinski definition) is 4. The topological polar surface area (TPSA) is 71.9 Å². The maximum atomic E-state index is 9.19. The largest absolute Gasteiger partial charge is 0.487 e. The molecule has 2 N–H and O–H groups in total. The molecule has 0 radical (unpaired) electrons. The number of benzene rings is 1. The molecule has 2 rings (SSSR count). The predicted molar refractivity (Wildman–Crippen MR) is 82.7 cm³/mol. The lowest BCUT2D eigenvalue weighted by molar-refractivity contribution is 0.307. The van der Waals surface area contributed by atoms with Crippen LogP contribution in [0.25, 0.3) is 0 Å². The van der Waals surface area contributed by atoms with Crippen molar-refractivity contribution in [3.8, 4) is 11.8 Å². The number of nitrogen functional groups attached to an aromatic ring is 1.